The predicted molar refractivity (Wildman–Crippen MR) is 54.2 cm³/mol. The van der Waals surface area contributed by atoms with Gasteiger partial charge in [0.2, 0.25) is 0 Å². The summed E-state index contributed by atoms with van der Waals surface area (Å²) >= 11 is 0. The molecule has 13 heavy (non-hydrogen) atoms. The molecule has 1 heteroatoms. The zero-order chi connectivity index (χ0) is 9.90. The van der Waals surface area contributed by atoms with Crippen molar-refractivity contribution >= 4 is 5.78 Å². The van der Waals surface area contributed by atoms with Crippen LogP contribution in [0.1, 0.15) is 46.0 Å². The SMILES string of the molecule is C#CCC1CCCCC(C)(C)C1=O. The first-order valence-electron chi connectivity index (χ1n) is 5.06. The molecule has 1 unspecified atom stereocenters. The highest BCUT2D eigenvalue weighted by Crippen LogP contribution is 2.34. The van der Waals surface area contributed by atoms with Gasteiger partial charge in [-0.15, -0.1) is 12.3 Å². The van der Waals surface area contributed by atoms with Crippen molar-refractivity contribution in [3.05, 3.63) is 0 Å². The van der Waals surface area contributed by atoms with Gasteiger partial charge in [0.25, 0.3) is 0 Å². The Labute approximate surface area is 80.9 Å². The molecular weight excluding hydrogens is 160 g/mol. The lowest BCUT2D eigenvalue weighted by molar-refractivity contribution is -0.130. The van der Waals surface area contributed by atoms with Crippen LogP contribution in [-0.4, -0.2) is 5.78 Å². The second-order valence-corrected chi connectivity index (χ2v) is 4.60. The lowest BCUT2D eigenvalue weighted by atomic mass is 9.79. The highest BCUT2D eigenvalue weighted by Gasteiger charge is 2.34. The van der Waals surface area contributed by atoms with Crippen molar-refractivity contribution in [2.45, 2.75) is 46.0 Å². The maximum atomic E-state index is 12.0. The molecule has 72 valence electrons. The smallest absolute Gasteiger partial charge is 0.142 e. The summed E-state index contributed by atoms with van der Waals surface area (Å²) in [6.45, 7) is 4.09. The van der Waals surface area contributed by atoms with Gasteiger partial charge in [-0.05, 0) is 12.8 Å². The van der Waals surface area contributed by atoms with E-state index in [9.17, 15) is 4.79 Å². The first-order valence-corrected chi connectivity index (χ1v) is 5.06. The molecule has 0 saturated heterocycles. The van der Waals surface area contributed by atoms with Gasteiger partial charge in [-0.1, -0.05) is 26.7 Å². The average Bonchev–Trinajstić information content (AvgIpc) is 2.18. The zero-order valence-corrected chi connectivity index (χ0v) is 8.60. The molecule has 1 rings (SSSR count). The molecule has 1 saturated carbocycles. The fraction of sp³-hybridized carbons (Fsp3) is 0.750. The molecule has 1 aliphatic carbocycles. The summed E-state index contributed by atoms with van der Waals surface area (Å²) in [6, 6.07) is 0. The highest BCUT2D eigenvalue weighted by molar-refractivity contribution is 5.86. The maximum Gasteiger partial charge on any atom is 0.142 e. The van der Waals surface area contributed by atoms with Gasteiger partial charge >= 0.3 is 0 Å². The summed E-state index contributed by atoms with van der Waals surface area (Å²) in [5.41, 5.74) is -0.141. The lowest BCUT2D eigenvalue weighted by Gasteiger charge is -2.23. The standard InChI is InChI=1S/C12H18O/c1-4-7-10-8-5-6-9-12(2,3)11(10)13/h1,10H,5-9H2,2-3H3. The molecule has 1 nitrogen and oxygen atoms in total. The van der Waals surface area contributed by atoms with Crippen LogP contribution in [0.3, 0.4) is 0 Å². The van der Waals surface area contributed by atoms with E-state index in [0.717, 1.165) is 19.3 Å². The van der Waals surface area contributed by atoms with E-state index in [4.69, 9.17) is 6.42 Å². The Kier molecular flexibility index (Phi) is 3.14. The van der Waals surface area contributed by atoms with Crippen molar-refractivity contribution in [3.63, 3.8) is 0 Å². The van der Waals surface area contributed by atoms with Crippen molar-refractivity contribution in [2.24, 2.45) is 11.3 Å². The Morgan fingerprint density at radius 1 is 1.54 bits per heavy atom. The van der Waals surface area contributed by atoms with Crippen LogP contribution in [-0.2, 0) is 4.79 Å². The van der Waals surface area contributed by atoms with Crippen molar-refractivity contribution < 1.29 is 4.79 Å². The predicted octanol–water partition coefficient (Wildman–Crippen LogP) is 2.80. The second-order valence-electron chi connectivity index (χ2n) is 4.60. The minimum atomic E-state index is -0.141. The molecule has 0 bridgehead atoms. The molecule has 0 amide bonds. The number of terminal acetylenes is 1. The molecular formula is C12H18O. The Morgan fingerprint density at radius 2 is 2.23 bits per heavy atom. The fourth-order valence-corrected chi connectivity index (χ4v) is 2.10. The van der Waals surface area contributed by atoms with E-state index >= 15 is 0 Å². The largest absolute Gasteiger partial charge is 0.299 e. The lowest BCUT2D eigenvalue weighted by Crippen LogP contribution is -2.28. The van der Waals surface area contributed by atoms with Crippen molar-refractivity contribution in [1.82, 2.24) is 0 Å². The van der Waals surface area contributed by atoms with E-state index in [1.54, 1.807) is 0 Å². The van der Waals surface area contributed by atoms with Crippen LogP contribution >= 0.6 is 0 Å². The third-order valence-electron chi connectivity index (χ3n) is 3.01. The number of Topliss-reactive ketones (excluding diaryl/α,β-unsaturated/α-hetero) is 1. The number of hydrogen-bond acceptors (Lipinski definition) is 1. The quantitative estimate of drug-likeness (QED) is 0.446. The van der Waals surface area contributed by atoms with Gasteiger partial charge in [0.05, 0.1) is 0 Å². The first-order chi connectivity index (χ1) is 6.08. The Hall–Kier alpha value is -0.770. The molecule has 0 aromatic carbocycles. The Balaban J connectivity index is 2.75. The molecule has 1 fully saturated rings. The molecule has 0 heterocycles. The minimum absolute atomic E-state index is 0.127. The first kappa shape index (κ1) is 10.3. The average molecular weight is 178 g/mol. The summed E-state index contributed by atoms with van der Waals surface area (Å²) in [6.07, 6.45) is 10.2. The van der Waals surface area contributed by atoms with Gasteiger partial charge in [-0.3, -0.25) is 4.79 Å². The topological polar surface area (TPSA) is 17.1 Å². The summed E-state index contributed by atoms with van der Waals surface area (Å²) in [4.78, 5) is 12.0. The highest BCUT2D eigenvalue weighted by atomic mass is 16.1. The van der Waals surface area contributed by atoms with E-state index in [2.05, 4.69) is 5.92 Å². The van der Waals surface area contributed by atoms with Gasteiger partial charge in [0.15, 0.2) is 0 Å². The molecule has 1 atom stereocenters. The zero-order valence-electron chi connectivity index (χ0n) is 8.60. The Morgan fingerprint density at radius 3 is 2.85 bits per heavy atom. The molecule has 0 N–H and O–H groups in total. The van der Waals surface area contributed by atoms with Gasteiger partial charge in [0.1, 0.15) is 5.78 Å². The normalized spacial score (nSPS) is 27.8. The van der Waals surface area contributed by atoms with Gasteiger partial charge in [0, 0.05) is 17.8 Å². The van der Waals surface area contributed by atoms with Crippen LogP contribution in [0, 0.1) is 23.7 Å². The molecule has 0 aromatic heterocycles. The van der Waals surface area contributed by atoms with E-state index in [-0.39, 0.29) is 11.3 Å². The number of rotatable bonds is 1. The van der Waals surface area contributed by atoms with Crippen LogP contribution < -0.4 is 0 Å². The van der Waals surface area contributed by atoms with E-state index in [1.165, 1.54) is 6.42 Å². The van der Waals surface area contributed by atoms with Gasteiger partial charge < -0.3 is 0 Å². The fourth-order valence-electron chi connectivity index (χ4n) is 2.10. The molecule has 0 aromatic rings. The summed E-state index contributed by atoms with van der Waals surface area (Å²) < 4.78 is 0. The third-order valence-corrected chi connectivity index (χ3v) is 3.01. The van der Waals surface area contributed by atoms with Crippen LogP contribution in [0.5, 0.6) is 0 Å². The molecule has 0 radical (unpaired) electrons. The summed E-state index contributed by atoms with van der Waals surface area (Å²) in [7, 11) is 0. The molecule has 0 aliphatic heterocycles. The van der Waals surface area contributed by atoms with E-state index in [1.807, 2.05) is 13.8 Å². The van der Waals surface area contributed by atoms with Crippen LogP contribution in [0.15, 0.2) is 0 Å². The number of carbonyl (C=O) groups excluding carboxylic acids is 1. The molecule has 1 aliphatic rings. The number of carbonyl (C=O) groups is 1. The van der Waals surface area contributed by atoms with Crippen LogP contribution in [0.2, 0.25) is 0 Å². The second kappa shape index (κ2) is 3.96. The Bertz CT molecular complexity index is 232. The van der Waals surface area contributed by atoms with Crippen LogP contribution in [0.25, 0.3) is 0 Å². The summed E-state index contributed by atoms with van der Waals surface area (Å²) in [5.74, 6) is 3.12. The molecule has 0 spiro atoms. The van der Waals surface area contributed by atoms with Gasteiger partial charge in [-0.25, -0.2) is 0 Å². The van der Waals surface area contributed by atoms with Crippen molar-refractivity contribution in [3.8, 4) is 12.3 Å². The third kappa shape index (κ3) is 2.34. The van der Waals surface area contributed by atoms with E-state index < -0.39 is 0 Å². The summed E-state index contributed by atoms with van der Waals surface area (Å²) in [5, 5.41) is 0. The number of ketones is 1. The van der Waals surface area contributed by atoms with Crippen LogP contribution in [0.4, 0.5) is 0 Å². The minimum Gasteiger partial charge on any atom is -0.299 e. The maximum absolute atomic E-state index is 12.0. The van der Waals surface area contributed by atoms with Crippen molar-refractivity contribution in [1.29, 1.82) is 0 Å². The van der Waals surface area contributed by atoms with Gasteiger partial charge in [-0.2, -0.15) is 0 Å². The van der Waals surface area contributed by atoms with Crippen molar-refractivity contribution in [2.75, 3.05) is 0 Å². The monoisotopic (exact) mass is 178 g/mol. The number of hydrogen-bond donors (Lipinski definition) is 0. The van der Waals surface area contributed by atoms with E-state index in [0.29, 0.717) is 12.2 Å².